The molecule has 1 heterocycles. The smallest absolute Gasteiger partial charge is 0.267 e. The number of rotatable bonds is 8. The minimum atomic E-state index is -0.304. The highest BCUT2D eigenvalue weighted by molar-refractivity contribution is 6.05. The SMILES string of the molecule is Cc1ccc(/C=C(/NC(=O)c2ccc(C)cc2)C(=O)NCCCN2CCOCC2)cc1. The molecule has 2 aromatic rings. The summed E-state index contributed by atoms with van der Waals surface area (Å²) in [4.78, 5) is 27.9. The van der Waals surface area contributed by atoms with Crippen molar-refractivity contribution < 1.29 is 14.3 Å². The molecule has 1 fully saturated rings. The molecular formula is C25H31N3O3. The summed E-state index contributed by atoms with van der Waals surface area (Å²) in [6.45, 7) is 8.82. The van der Waals surface area contributed by atoms with Gasteiger partial charge in [0.2, 0.25) is 0 Å². The lowest BCUT2D eigenvalue weighted by Crippen LogP contribution is -2.39. The number of morpholine rings is 1. The molecule has 3 rings (SSSR count). The van der Waals surface area contributed by atoms with Crippen LogP contribution >= 0.6 is 0 Å². The number of carbonyl (C=O) groups excluding carboxylic acids is 2. The molecule has 0 spiro atoms. The molecule has 1 aliphatic rings. The third-order valence-electron chi connectivity index (χ3n) is 5.24. The fourth-order valence-corrected chi connectivity index (χ4v) is 3.31. The first-order valence-electron chi connectivity index (χ1n) is 10.8. The average molecular weight is 422 g/mol. The maximum atomic E-state index is 12.9. The standard InChI is InChI=1S/C25H31N3O3/c1-19-4-8-21(9-5-19)18-23(27-24(29)22-10-6-20(2)7-11-22)25(30)26-12-3-13-28-14-16-31-17-15-28/h4-11,18H,3,12-17H2,1-2H3,(H,26,30)(H,27,29)/b23-18+. The van der Waals surface area contributed by atoms with Crippen molar-refractivity contribution in [3.63, 3.8) is 0 Å². The minimum Gasteiger partial charge on any atom is -0.379 e. The number of aryl methyl sites for hydroxylation is 2. The van der Waals surface area contributed by atoms with Crippen molar-refractivity contribution in [1.29, 1.82) is 0 Å². The molecule has 31 heavy (non-hydrogen) atoms. The van der Waals surface area contributed by atoms with Crippen molar-refractivity contribution in [2.24, 2.45) is 0 Å². The summed E-state index contributed by atoms with van der Waals surface area (Å²) in [6.07, 6.45) is 2.55. The molecule has 0 saturated carbocycles. The van der Waals surface area contributed by atoms with Crippen LogP contribution in [0.4, 0.5) is 0 Å². The molecule has 0 aromatic heterocycles. The average Bonchev–Trinajstić information content (AvgIpc) is 2.78. The molecule has 1 aliphatic heterocycles. The Morgan fingerprint density at radius 2 is 1.58 bits per heavy atom. The summed E-state index contributed by atoms with van der Waals surface area (Å²) in [7, 11) is 0. The molecule has 0 bridgehead atoms. The van der Waals surface area contributed by atoms with E-state index in [1.807, 2.05) is 50.2 Å². The Morgan fingerprint density at radius 1 is 0.968 bits per heavy atom. The predicted molar refractivity (Wildman–Crippen MR) is 123 cm³/mol. The zero-order chi connectivity index (χ0) is 22.1. The van der Waals surface area contributed by atoms with Crippen LogP contribution in [0, 0.1) is 13.8 Å². The fourth-order valence-electron chi connectivity index (χ4n) is 3.31. The van der Waals surface area contributed by atoms with E-state index in [0.717, 1.165) is 56.0 Å². The van der Waals surface area contributed by atoms with Gasteiger partial charge in [0.25, 0.3) is 11.8 Å². The lowest BCUT2D eigenvalue weighted by Gasteiger charge is -2.26. The van der Waals surface area contributed by atoms with Crippen molar-refractivity contribution in [3.8, 4) is 0 Å². The van der Waals surface area contributed by atoms with Crippen LogP contribution in [0.2, 0.25) is 0 Å². The van der Waals surface area contributed by atoms with Crippen LogP contribution in [0.1, 0.15) is 33.5 Å². The lowest BCUT2D eigenvalue weighted by molar-refractivity contribution is -0.117. The number of nitrogens with zero attached hydrogens (tertiary/aromatic N) is 1. The normalized spacial score (nSPS) is 14.8. The van der Waals surface area contributed by atoms with Crippen molar-refractivity contribution in [1.82, 2.24) is 15.5 Å². The molecule has 0 atom stereocenters. The summed E-state index contributed by atoms with van der Waals surface area (Å²) < 4.78 is 5.36. The third kappa shape index (κ3) is 7.35. The Morgan fingerprint density at radius 3 is 2.23 bits per heavy atom. The van der Waals surface area contributed by atoms with Gasteiger partial charge in [-0.25, -0.2) is 0 Å². The maximum absolute atomic E-state index is 12.9. The highest BCUT2D eigenvalue weighted by Crippen LogP contribution is 2.10. The number of hydrogen-bond donors (Lipinski definition) is 2. The van der Waals surface area contributed by atoms with Gasteiger partial charge in [-0.15, -0.1) is 0 Å². The van der Waals surface area contributed by atoms with Crippen molar-refractivity contribution in [3.05, 3.63) is 76.5 Å². The van der Waals surface area contributed by atoms with Gasteiger partial charge in [-0.05, 0) is 50.6 Å². The Kier molecular flexibility index (Phi) is 8.38. The molecule has 1 saturated heterocycles. The van der Waals surface area contributed by atoms with E-state index < -0.39 is 0 Å². The van der Waals surface area contributed by atoms with Crippen LogP contribution < -0.4 is 10.6 Å². The summed E-state index contributed by atoms with van der Waals surface area (Å²) in [5.41, 5.74) is 3.81. The van der Waals surface area contributed by atoms with Gasteiger partial charge in [-0.2, -0.15) is 0 Å². The fraction of sp³-hybridized carbons (Fsp3) is 0.360. The lowest BCUT2D eigenvalue weighted by atomic mass is 10.1. The highest BCUT2D eigenvalue weighted by Gasteiger charge is 2.15. The minimum absolute atomic E-state index is 0.237. The van der Waals surface area contributed by atoms with E-state index in [4.69, 9.17) is 4.74 Å². The first kappa shape index (κ1) is 22.7. The van der Waals surface area contributed by atoms with Crippen LogP contribution in [-0.4, -0.2) is 56.1 Å². The summed E-state index contributed by atoms with van der Waals surface area (Å²) >= 11 is 0. The second-order valence-electron chi connectivity index (χ2n) is 7.85. The van der Waals surface area contributed by atoms with Crippen LogP contribution in [0.5, 0.6) is 0 Å². The van der Waals surface area contributed by atoms with Gasteiger partial charge in [0.15, 0.2) is 0 Å². The summed E-state index contributed by atoms with van der Waals surface area (Å²) in [5, 5.41) is 5.73. The number of hydrogen-bond acceptors (Lipinski definition) is 4. The van der Waals surface area contributed by atoms with Gasteiger partial charge in [-0.1, -0.05) is 47.5 Å². The zero-order valence-electron chi connectivity index (χ0n) is 18.3. The van der Waals surface area contributed by atoms with Gasteiger partial charge >= 0.3 is 0 Å². The number of nitrogens with one attached hydrogen (secondary N) is 2. The van der Waals surface area contributed by atoms with Crippen molar-refractivity contribution in [2.75, 3.05) is 39.4 Å². The van der Waals surface area contributed by atoms with Crippen molar-refractivity contribution >= 4 is 17.9 Å². The molecule has 164 valence electrons. The number of amides is 2. The van der Waals surface area contributed by atoms with Gasteiger partial charge in [-0.3, -0.25) is 14.5 Å². The summed E-state index contributed by atoms with van der Waals surface area (Å²) in [5.74, 6) is -0.593. The second-order valence-corrected chi connectivity index (χ2v) is 7.85. The molecule has 0 radical (unpaired) electrons. The highest BCUT2D eigenvalue weighted by atomic mass is 16.5. The second kappa shape index (κ2) is 11.4. The van der Waals surface area contributed by atoms with Gasteiger partial charge in [0.1, 0.15) is 5.70 Å². The molecule has 2 aromatic carbocycles. The van der Waals surface area contributed by atoms with E-state index in [1.165, 1.54) is 0 Å². The molecule has 2 N–H and O–H groups in total. The van der Waals surface area contributed by atoms with Crippen molar-refractivity contribution in [2.45, 2.75) is 20.3 Å². The monoisotopic (exact) mass is 421 g/mol. The Bertz CT molecular complexity index is 899. The summed E-state index contributed by atoms with van der Waals surface area (Å²) in [6, 6.07) is 15.1. The van der Waals surface area contributed by atoms with E-state index in [1.54, 1.807) is 18.2 Å². The van der Waals surface area contributed by atoms with E-state index in [-0.39, 0.29) is 17.5 Å². The van der Waals surface area contributed by atoms with E-state index in [2.05, 4.69) is 15.5 Å². The maximum Gasteiger partial charge on any atom is 0.267 e. The van der Waals surface area contributed by atoms with Crippen LogP contribution in [0.15, 0.2) is 54.2 Å². The Hall–Kier alpha value is -2.96. The molecule has 2 amide bonds. The quantitative estimate of drug-likeness (QED) is 0.508. The van der Waals surface area contributed by atoms with E-state index >= 15 is 0 Å². The largest absolute Gasteiger partial charge is 0.379 e. The first-order valence-corrected chi connectivity index (χ1v) is 10.8. The molecule has 0 aliphatic carbocycles. The van der Waals surface area contributed by atoms with Crippen LogP contribution in [-0.2, 0) is 9.53 Å². The van der Waals surface area contributed by atoms with Gasteiger partial charge < -0.3 is 15.4 Å². The topological polar surface area (TPSA) is 70.7 Å². The Labute approximate surface area is 184 Å². The van der Waals surface area contributed by atoms with E-state index in [0.29, 0.717) is 12.1 Å². The molecule has 6 nitrogen and oxygen atoms in total. The molecular weight excluding hydrogens is 390 g/mol. The van der Waals surface area contributed by atoms with Crippen LogP contribution in [0.25, 0.3) is 6.08 Å². The van der Waals surface area contributed by atoms with E-state index in [9.17, 15) is 9.59 Å². The first-order chi connectivity index (χ1) is 15.0. The molecule has 0 unspecified atom stereocenters. The molecule has 6 heteroatoms. The predicted octanol–water partition coefficient (Wildman–Crippen LogP) is 2.91. The number of carbonyl (C=O) groups is 2. The number of benzene rings is 2. The van der Waals surface area contributed by atoms with Gasteiger partial charge in [0, 0.05) is 25.2 Å². The Balaban J connectivity index is 1.64. The van der Waals surface area contributed by atoms with Crippen LogP contribution in [0.3, 0.4) is 0 Å². The third-order valence-corrected chi connectivity index (χ3v) is 5.24. The number of ether oxygens (including phenoxy) is 1. The zero-order valence-corrected chi connectivity index (χ0v) is 18.3. The van der Waals surface area contributed by atoms with Gasteiger partial charge in [0.05, 0.1) is 13.2 Å².